The molecule has 0 N–H and O–H groups in total. The zero-order valence-electron chi connectivity index (χ0n) is 17.9. The first-order chi connectivity index (χ1) is 13.1. The first-order valence-electron chi connectivity index (χ1n) is 9.43. The highest BCUT2D eigenvalue weighted by molar-refractivity contribution is 4.74. The molecule has 1 saturated heterocycles. The summed E-state index contributed by atoms with van der Waals surface area (Å²) in [6, 6.07) is 0. The van der Waals surface area contributed by atoms with Crippen molar-refractivity contribution in [2.75, 3.05) is 102 Å². The second-order valence-corrected chi connectivity index (χ2v) is 6.60. The quantitative estimate of drug-likeness (QED) is 0.418. The van der Waals surface area contributed by atoms with E-state index in [0.717, 1.165) is 58.9 Å². The van der Waals surface area contributed by atoms with Crippen LogP contribution < -0.4 is 0 Å². The van der Waals surface area contributed by atoms with Crippen molar-refractivity contribution < 1.29 is 28.4 Å². The topological polar surface area (TPSA) is 65.1 Å². The molecule has 9 nitrogen and oxygen atoms in total. The molecule has 1 aliphatic heterocycles. The predicted octanol–water partition coefficient (Wildman–Crippen LogP) is -0.237. The van der Waals surface area contributed by atoms with Crippen LogP contribution >= 0.6 is 0 Å². The smallest absolute Gasteiger partial charge is 0.169 e. The van der Waals surface area contributed by atoms with Crippen molar-refractivity contribution in [1.82, 2.24) is 14.7 Å². The number of nitrogens with zero attached hydrogens (tertiary/aromatic N) is 3. The Bertz CT molecular complexity index is 290. The van der Waals surface area contributed by atoms with Gasteiger partial charge in [-0.25, -0.2) is 0 Å². The highest BCUT2D eigenvalue weighted by atomic mass is 16.7. The Morgan fingerprint density at radius 3 is 0.778 bits per heavy atom. The largest absolute Gasteiger partial charge is 0.355 e. The molecular formula is C18H39N3O6. The molecule has 0 atom stereocenters. The number of ether oxygens (including phenoxy) is 6. The maximum atomic E-state index is 5.39. The fraction of sp³-hybridized carbons (Fsp3) is 1.00. The summed E-state index contributed by atoms with van der Waals surface area (Å²) in [5.74, 6) is 0. The van der Waals surface area contributed by atoms with Crippen LogP contribution in [0.1, 0.15) is 0 Å². The third-order valence-electron chi connectivity index (χ3n) is 5.00. The normalized spacial score (nSPS) is 19.0. The SMILES string of the molecule is COC(CN1CCN(CC(OC)OC)CCN(CC(OC)OC)CC1)OC. The maximum absolute atomic E-state index is 5.39. The van der Waals surface area contributed by atoms with Gasteiger partial charge in [0.2, 0.25) is 0 Å². The van der Waals surface area contributed by atoms with E-state index < -0.39 is 0 Å². The lowest BCUT2D eigenvalue weighted by Crippen LogP contribution is -2.43. The summed E-state index contributed by atoms with van der Waals surface area (Å²) in [7, 11) is 10.0. The van der Waals surface area contributed by atoms with Gasteiger partial charge in [0.1, 0.15) is 0 Å². The molecule has 1 heterocycles. The molecule has 0 unspecified atom stereocenters. The Morgan fingerprint density at radius 1 is 0.444 bits per heavy atom. The van der Waals surface area contributed by atoms with Gasteiger partial charge in [-0.3, -0.25) is 14.7 Å². The van der Waals surface area contributed by atoms with Gasteiger partial charge >= 0.3 is 0 Å². The molecule has 0 aromatic rings. The molecule has 1 aliphatic rings. The fourth-order valence-corrected chi connectivity index (χ4v) is 3.10. The Kier molecular flexibility index (Phi) is 13.4. The molecule has 27 heavy (non-hydrogen) atoms. The van der Waals surface area contributed by atoms with E-state index in [0.29, 0.717) is 0 Å². The van der Waals surface area contributed by atoms with Crippen molar-refractivity contribution >= 4 is 0 Å². The first kappa shape index (κ1) is 24.7. The van der Waals surface area contributed by atoms with Crippen molar-refractivity contribution in [3.05, 3.63) is 0 Å². The van der Waals surface area contributed by atoms with Crippen LogP contribution in [0.2, 0.25) is 0 Å². The molecule has 0 spiro atoms. The second kappa shape index (κ2) is 14.6. The summed E-state index contributed by atoms with van der Waals surface area (Å²) < 4.78 is 32.3. The van der Waals surface area contributed by atoms with Crippen LogP contribution in [-0.2, 0) is 28.4 Å². The Morgan fingerprint density at radius 2 is 0.630 bits per heavy atom. The third kappa shape index (κ3) is 9.60. The van der Waals surface area contributed by atoms with Crippen LogP contribution in [0.15, 0.2) is 0 Å². The Balaban J connectivity index is 2.77. The van der Waals surface area contributed by atoms with Crippen molar-refractivity contribution in [3.8, 4) is 0 Å². The van der Waals surface area contributed by atoms with E-state index in [2.05, 4.69) is 14.7 Å². The number of hydrogen-bond acceptors (Lipinski definition) is 9. The van der Waals surface area contributed by atoms with Gasteiger partial charge in [-0.2, -0.15) is 0 Å². The van der Waals surface area contributed by atoms with Gasteiger partial charge in [-0.1, -0.05) is 0 Å². The maximum Gasteiger partial charge on any atom is 0.169 e. The zero-order valence-corrected chi connectivity index (χ0v) is 17.9. The number of methoxy groups -OCH3 is 6. The van der Waals surface area contributed by atoms with E-state index in [9.17, 15) is 0 Å². The highest BCUT2D eigenvalue weighted by Crippen LogP contribution is 2.07. The molecule has 0 aliphatic carbocycles. The van der Waals surface area contributed by atoms with Crippen molar-refractivity contribution in [2.24, 2.45) is 0 Å². The van der Waals surface area contributed by atoms with E-state index in [-0.39, 0.29) is 18.9 Å². The van der Waals surface area contributed by atoms with E-state index >= 15 is 0 Å². The van der Waals surface area contributed by atoms with Gasteiger partial charge in [0.05, 0.1) is 0 Å². The molecule has 1 rings (SSSR count). The minimum Gasteiger partial charge on any atom is -0.355 e. The molecule has 162 valence electrons. The average Bonchev–Trinajstić information content (AvgIpc) is 2.79. The molecule has 0 saturated carbocycles. The first-order valence-corrected chi connectivity index (χ1v) is 9.43. The summed E-state index contributed by atoms with van der Waals surface area (Å²) in [6.07, 6.45) is -0.697. The van der Waals surface area contributed by atoms with Crippen LogP contribution in [0, 0.1) is 0 Å². The van der Waals surface area contributed by atoms with Crippen molar-refractivity contribution in [1.29, 1.82) is 0 Å². The fourth-order valence-electron chi connectivity index (χ4n) is 3.10. The minimum absolute atomic E-state index is 0.232. The van der Waals surface area contributed by atoms with Crippen molar-refractivity contribution in [2.45, 2.75) is 18.9 Å². The van der Waals surface area contributed by atoms with Crippen LogP contribution in [0.25, 0.3) is 0 Å². The second-order valence-electron chi connectivity index (χ2n) is 6.60. The van der Waals surface area contributed by atoms with Gasteiger partial charge in [0.15, 0.2) is 18.9 Å². The standard InChI is InChI=1S/C18H39N3O6/c1-22-16(23-2)13-19-7-9-20(14-17(24-3)25-4)11-12-21(10-8-19)15-18(26-5)27-6/h16-18H,7-15H2,1-6H3. The molecule has 9 heteroatoms. The van der Waals surface area contributed by atoms with E-state index in [1.54, 1.807) is 42.7 Å². The minimum atomic E-state index is -0.232. The van der Waals surface area contributed by atoms with Gasteiger partial charge in [-0.15, -0.1) is 0 Å². The van der Waals surface area contributed by atoms with Crippen molar-refractivity contribution in [3.63, 3.8) is 0 Å². The van der Waals surface area contributed by atoms with Crippen LogP contribution in [0.5, 0.6) is 0 Å². The highest BCUT2D eigenvalue weighted by Gasteiger charge is 2.22. The molecular weight excluding hydrogens is 354 g/mol. The van der Waals surface area contributed by atoms with E-state index in [1.165, 1.54) is 0 Å². The van der Waals surface area contributed by atoms with Crippen LogP contribution in [0.3, 0.4) is 0 Å². The molecule has 0 bridgehead atoms. The van der Waals surface area contributed by atoms with Gasteiger partial charge in [-0.05, 0) is 0 Å². The summed E-state index contributed by atoms with van der Waals surface area (Å²) in [4.78, 5) is 7.10. The number of hydrogen-bond donors (Lipinski definition) is 0. The lowest BCUT2D eigenvalue weighted by Gasteiger charge is -2.29. The lowest BCUT2D eigenvalue weighted by molar-refractivity contribution is -0.121. The molecule has 1 fully saturated rings. The summed E-state index contributed by atoms with van der Waals surface area (Å²) in [5, 5.41) is 0. The monoisotopic (exact) mass is 393 g/mol. The van der Waals surface area contributed by atoms with Gasteiger partial charge in [0, 0.05) is 102 Å². The van der Waals surface area contributed by atoms with Crippen LogP contribution in [-0.4, -0.2) is 135 Å². The lowest BCUT2D eigenvalue weighted by atomic mass is 10.4. The van der Waals surface area contributed by atoms with Gasteiger partial charge < -0.3 is 28.4 Å². The Hall–Kier alpha value is -0.360. The third-order valence-corrected chi connectivity index (χ3v) is 5.00. The predicted molar refractivity (Wildman–Crippen MR) is 103 cm³/mol. The summed E-state index contributed by atoms with van der Waals surface area (Å²) in [6.45, 7) is 7.74. The summed E-state index contributed by atoms with van der Waals surface area (Å²) >= 11 is 0. The zero-order chi connectivity index (χ0) is 20.1. The number of rotatable bonds is 12. The molecule has 0 amide bonds. The summed E-state index contributed by atoms with van der Waals surface area (Å²) in [5.41, 5.74) is 0. The van der Waals surface area contributed by atoms with Gasteiger partial charge in [0.25, 0.3) is 0 Å². The molecule has 0 aromatic carbocycles. The van der Waals surface area contributed by atoms with E-state index in [1.807, 2.05) is 0 Å². The average molecular weight is 394 g/mol. The van der Waals surface area contributed by atoms with Crippen LogP contribution in [0.4, 0.5) is 0 Å². The Labute approximate surface area is 164 Å². The molecule has 0 aromatic heterocycles. The van der Waals surface area contributed by atoms with E-state index in [4.69, 9.17) is 28.4 Å². The molecule has 0 radical (unpaired) electrons.